The van der Waals surface area contributed by atoms with Crippen molar-refractivity contribution < 1.29 is 14.3 Å². The number of anilines is 1. The molecule has 142 valence electrons. The van der Waals surface area contributed by atoms with Crippen molar-refractivity contribution in [2.75, 3.05) is 11.4 Å². The van der Waals surface area contributed by atoms with Crippen LogP contribution in [0.1, 0.15) is 22.8 Å². The van der Waals surface area contributed by atoms with Crippen LogP contribution in [0.4, 0.5) is 5.69 Å². The average Bonchev–Trinajstić information content (AvgIpc) is 2.84. The molecule has 0 radical (unpaired) electrons. The topological polar surface area (TPSA) is 64.5 Å². The molecule has 1 aromatic heterocycles. The third-order valence-electron chi connectivity index (χ3n) is 4.37. The molecule has 1 amide bonds. The van der Waals surface area contributed by atoms with Crippen molar-refractivity contribution in [2.45, 2.75) is 19.6 Å². The lowest BCUT2D eigenvalue weighted by Gasteiger charge is -2.22. The van der Waals surface area contributed by atoms with Crippen molar-refractivity contribution in [2.24, 2.45) is 0 Å². The summed E-state index contributed by atoms with van der Waals surface area (Å²) in [5.74, 6) is 0.645. The van der Waals surface area contributed by atoms with E-state index in [0.717, 1.165) is 17.0 Å². The van der Waals surface area contributed by atoms with Crippen molar-refractivity contribution >= 4 is 23.2 Å². The van der Waals surface area contributed by atoms with E-state index >= 15 is 0 Å². The van der Waals surface area contributed by atoms with Gasteiger partial charge in [0.1, 0.15) is 35.5 Å². The van der Waals surface area contributed by atoms with E-state index in [0.29, 0.717) is 13.2 Å². The van der Waals surface area contributed by atoms with Gasteiger partial charge in [0.25, 0.3) is 5.91 Å². The molecule has 1 aliphatic heterocycles. The Morgan fingerprint density at radius 2 is 1.89 bits per heavy atom. The summed E-state index contributed by atoms with van der Waals surface area (Å²) in [4.78, 5) is 22.6. The van der Waals surface area contributed by atoms with E-state index in [2.05, 4.69) is 9.97 Å². The Morgan fingerprint density at radius 3 is 2.64 bits per heavy atom. The number of hydrogen-bond acceptors (Lipinski definition) is 5. The summed E-state index contributed by atoms with van der Waals surface area (Å²) in [5, 5.41) is 0.0805. The summed E-state index contributed by atoms with van der Waals surface area (Å²) in [6.45, 7) is 2.73. The van der Waals surface area contributed by atoms with Crippen molar-refractivity contribution in [3.63, 3.8) is 0 Å². The monoisotopic (exact) mass is 395 g/mol. The molecule has 3 aromatic rings. The molecule has 0 fully saturated rings. The van der Waals surface area contributed by atoms with Crippen LogP contribution in [-0.4, -0.2) is 28.5 Å². The van der Waals surface area contributed by atoms with Gasteiger partial charge >= 0.3 is 0 Å². The normalized spacial score (nSPS) is 16.1. The molecule has 1 atom stereocenters. The zero-order chi connectivity index (χ0) is 19.5. The highest BCUT2D eigenvalue weighted by atomic mass is 35.5. The minimum Gasteiger partial charge on any atom is -0.489 e. The number of hydrogen-bond donors (Lipinski definition) is 0. The van der Waals surface area contributed by atoms with Gasteiger partial charge in [-0.15, -0.1) is 0 Å². The van der Waals surface area contributed by atoms with Gasteiger partial charge in [-0.25, -0.2) is 9.97 Å². The van der Waals surface area contributed by atoms with Gasteiger partial charge in [-0.1, -0.05) is 41.9 Å². The van der Waals surface area contributed by atoms with Gasteiger partial charge in [0.05, 0.1) is 6.54 Å². The van der Waals surface area contributed by atoms with E-state index in [1.165, 1.54) is 6.33 Å². The van der Waals surface area contributed by atoms with E-state index in [-0.39, 0.29) is 28.6 Å². The predicted octanol–water partition coefficient (Wildman–Crippen LogP) is 4.14. The standard InChI is InChI=1S/C21H18ClN3O3/c1-14-11-25(21(26)18-19(22)23-13-24-20(18)28-14)16-7-9-17(10-8-16)27-12-15-5-3-2-4-6-15/h2-10,13-14H,11-12H2,1H3/t14-/m1/s1. The van der Waals surface area contributed by atoms with Crippen LogP contribution in [0.2, 0.25) is 5.15 Å². The number of carbonyl (C=O) groups excluding carboxylic acids is 1. The number of amides is 1. The second-order valence-electron chi connectivity index (χ2n) is 6.46. The molecule has 0 unspecified atom stereocenters. The molecule has 1 aliphatic rings. The number of rotatable bonds is 4. The van der Waals surface area contributed by atoms with Gasteiger partial charge in [0.2, 0.25) is 5.88 Å². The van der Waals surface area contributed by atoms with Crippen LogP contribution in [0.25, 0.3) is 0 Å². The van der Waals surface area contributed by atoms with Gasteiger partial charge in [-0.05, 0) is 36.8 Å². The summed E-state index contributed by atoms with van der Waals surface area (Å²) in [7, 11) is 0. The maximum atomic E-state index is 13.0. The van der Waals surface area contributed by atoms with Crippen LogP contribution in [0.3, 0.4) is 0 Å². The molecule has 2 heterocycles. The summed E-state index contributed by atoms with van der Waals surface area (Å²) in [5.41, 5.74) is 1.99. The summed E-state index contributed by atoms with van der Waals surface area (Å²) in [6.07, 6.45) is 1.04. The molecule has 0 aliphatic carbocycles. The fourth-order valence-electron chi connectivity index (χ4n) is 3.01. The Balaban J connectivity index is 1.55. The van der Waals surface area contributed by atoms with Crippen molar-refractivity contribution in [1.29, 1.82) is 0 Å². The molecule has 7 heteroatoms. The summed E-state index contributed by atoms with van der Waals surface area (Å²) < 4.78 is 11.6. The van der Waals surface area contributed by atoms with Crippen molar-refractivity contribution in [3.8, 4) is 11.6 Å². The Hall–Kier alpha value is -3.12. The Morgan fingerprint density at radius 1 is 1.14 bits per heavy atom. The first-order valence-corrected chi connectivity index (χ1v) is 9.25. The summed E-state index contributed by atoms with van der Waals surface area (Å²) in [6, 6.07) is 17.3. The Bertz CT molecular complexity index is 980. The molecule has 0 spiro atoms. The van der Waals surface area contributed by atoms with Gasteiger partial charge in [0, 0.05) is 5.69 Å². The Labute approximate surface area is 167 Å². The van der Waals surface area contributed by atoms with Gasteiger partial charge in [0.15, 0.2) is 0 Å². The maximum absolute atomic E-state index is 13.0. The fourth-order valence-corrected chi connectivity index (χ4v) is 3.21. The van der Waals surface area contributed by atoms with E-state index in [1.807, 2.05) is 61.5 Å². The number of halogens is 1. The van der Waals surface area contributed by atoms with Crippen molar-refractivity contribution in [1.82, 2.24) is 9.97 Å². The molecular formula is C21H18ClN3O3. The number of carbonyl (C=O) groups is 1. The second-order valence-corrected chi connectivity index (χ2v) is 6.82. The average molecular weight is 396 g/mol. The minimum atomic E-state index is -0.289. The lowest BCUT2D eigenvalue weighted by molar-refractivity contribution is 0.0987. The maximum Gasteiger partial charge on any atom is 0.267 e. The van der Waals surface area contributed by atoms with E-state index in [9.17, 15) is 4.79 Å². The Kier molecular flexibility index (Phi) is 5.12. The highest BCUT2D eigenvalue weighted by molar-refractivity contribution is 6.33. The lowest BCUT2D eigenvalue weighted by Crippen LogP contribution is -2.35. The number of fused-ring (bicyclic) bond motifs is 1. The minimum absolute atomic E-state index is 0.0805. The largest absolute Gasteiger partial charge is 0.489 e. The van der Waals surface area contributed by atoms with E-state index in [1.54, 1.807) is 4.90 Å². The number of aromatic nitrogens is 2. The van der Waals surface area contributed by atoms with Crippen LogP contribution in [0.15, 0.2) is 60.9 Å². The summed E-state index contributed by atoms with van der Waals surface area (Å²) >= 11 is 6.14. The SMILES string of the molecule is C[C@@H]1CN(c2ccc(OCc3ccccc3)cc2)C(=O)c2c(Cl)ncnc2O1. The van der Waals surface area contributed by atoms with Crippen LogP contribution in [0.5, 0.6) is 11.6 Å². The van der Waals surface area contributed by atoms with E-state index in [4.69, 9.17) is 21.1 Å². The van der Waals surface area contributed by atoms with Gasteiger partial charge in [-0.3, -0.25) is 4.79 Å². The molecule has 0 N–H and O–H groups in total. The van der Waals surface area contributed by atoms with Crippen LogP contribution in [-0.2, 0) is 6.61 Å². The third-order valence-corrected chi connectivity index (χ3v) is 4.66. The molecule has 0 saturated heterocycles. The highest BCUT2D eigenvalue weighted by Crippen LogP contribution is 2.31. The predicted molar refractivity (Wildman–Crippen MR) is 106 cm³/mol. The zero-order valence-corrected chi connectivity index (χ0v) is 16.0. The van der Waals surface area contributed by atoms with Gasteiger partial charge in [-0.2, -0.15) is 0 Å². The number of nitrogens with zero attached hydrogens (tertiary/aromatic N) is 3. The molecule has 6 nitrogen and oxygen atoms in total. The number of ether oxygens (including phenoxy) is 2. The quantitative estimate of drug-likeness (QED) is 0.621. The second kappa shape index (κ2) is 7.86. The number of benzene rings is 2. The van der Waals surface area contributed by atoms with Gasteiger partial charge < -0.3 is 14.4 Å². The van der Waals surface area contributed by atoms with Crippen molar-refractivity contribution in [3.05, 3.63) is 77.2 Å². The molecule has 0 bridgehead atoms. The lowest BCUT2D eigenvalue weighted by atomic mass is 10.2. The highest BCUT2D eigenvalue weighted by Gasteiger charge is 2.31. The van der Waals surface area contributed by atoms with E-state index < -0.39 is 0 Å². The smallest absolute Gasteiger partial charge is 0.267 e. The van der Waals surface area contributed by atoms with Crippen LogP contribution in [0, 0.1) is 0 Å². The first-order valence-electron chi connectivity index (χ1n) is 8.87. The third kappa shape index (κ3) is 3.77. The molecule has 0 saturated carbocycles. The molecule has 2 aromatic carbocycles. The molecule has 28 heavy (non-hydrogen) atoms. The molecule has 4 rings (SSSR count). The van der Waals surface area contributed by atoms with Crippen LogP contribution < -0.4 is 14.4 Å². The molecular weight excluding hydrogens is 378 g/mol. The van der Waals surface area contributed by atoms with Crippen LogP contribution >= 0.6 is 11.6 Å². The zero-order valence-electron chi connectivity index (χ0n) is 15.2. The first-order chi connectivity index (χ1) is 13.6. The first kappa shape index (κ1) is 18.3. The fraction of sp³-hybridized carbons (Fsp3) is 0.190.